The van der Waals surface area contributed by atoms with Gasteiger partial charge in [-0.1, -0.05) is 48.5 Å². The van der Waals surface area contributed by atoms with Crippen molar-refractivity contribution in [1.29, 1.82) is 0 Å². The van der Waals surface area contributed by atoms with Gasteiger partial charge in [-0.3, -0.25) is 9.59 Å². The first-order valence-electron chi connectivity index (χ1n) is 14.7. The van der Waals surface area contributed by atoms with E-state index < -0.39 is 11.9 Å². The van der Waals surface area contributed by atoms with Crippen molar-refractivity contribution in [3.8, 4) is 17.2 Å². The van der Waals surface area contributed by atoms with Gasteiger partial charge in [0.15, 0.2) is 11.5 Å². The van der Waals surface area contributed by atoms with Gasteiger partial charge in [0.25, 0.3) is 0 Å². The molecule has 1 aliphatic rings. The minimum Gasteiger partial charge on any atom is -0.493 e. The average Bonchev–Trinajstić information content (AvgIpc) is 3.04. The predicted octanol–water partition coefficient (Wildman–Crippen LogP) is 5.14. The molecule has 0 N–H and O–H groups in total. The number of carbonyl (C=O) groups is 3. The molecule has 0 saturated carbocycles. The fourth-order valence-electron chi connectivity index (χ4n) is 5.21. The van der Waals surface area contributed by atoms with Crippen molar-refractivity contribution in [2.24, 2.45) is 0 Å². The van der Waals surface area contributed by atoms with Gasteiger partial charge in [-0.2, -0.15) is 0 Å². The Labute approximate surface area is 259 Å². The minimum absolute atomic E-state index is 0.0400. The van der Waals surface area contributed by atoms with Crippen molar-refractivity contribution >= 4 is 17.8 Å². The van der Waals surface area contributed by atoms with Gasteiger partial charge in [0.2, 0.25) is 11.8 Å². The molecule has 44 heavy (non-hydrogen) atoms. The molecule has 1 aliphatic heterocycles. The quantitative estimate of drug-likeness (QED) is 0.251. The summed E-state index contributed by atoms with van der Waals surface area (Å²) in [5.74, 6) is 0.474. The zero-order chi connectivity index (χ0) is 31.6. The molecule has 0 saturated heterocycles. The van der Waals surface area contributed by atoms with Gasteiger partial charge in [0.05, 0.1) is 26.4 Å². The van der Waals surface area contributed by atoms with Gasteiger partial charge in [-0.05, 0) is 61.2 Å². The molecule has 3 aromatic rings. The normalized spacial score (nSPS) is 14.7. The number of hydrogen-bond acceptors (Lipinski definition) is 7. The molecule has 0 aromatic heterocycles. The number of amides is 2. The first kappa shape index (κ1) is 32.1. The van der Waals surface area contributed by atoms with E-state index in [4.69, 9.17) is 18.9 Å². The molecule has 1 atom stereocenters. The van der Waals surface area contributed by atoms with Crippen molar-refractivity contribution in [3.05, 3.63) is 101 Å². The van der Waals surface area contributed by atoms with Gasteiger partial charge in [-0.25, -0.2) is 4.79 Å². The highest BCUT2D eigenvalue weighted by atomic mass is 16.5. The highest BCUT2D eigenvalue weighted by molar-refractivity contribution is 5.97. The lowest BCUT2D eigenvalue weighted by Gasteiger charge is -2.35. The molecule has 0 spiro atoms. The molecular weight excluding hydrogens is 560 g/mol. The summed E-state index contributed by atoms with van der Waals surface area (Å²) in [6.45, 7) is 4.33. The first-order valence-corrected chi connectivity index (χ1v) is 14.7. The third-order valence-corrected chi connectivity index (χ3v) is 7.75. The van der Waals surface area contributed by atoms with E-state index in [0.29, 0.717) is 48.1 Å². The van der Waals surface area contributed by atoms with Crippen LogP contribution in [0.2, 0.25) is 0 Å². The molecule has 9 nitrogen and oxygen atoms in total. The van der Waals surface area contributed by atoms with Crippen LogP contribution in [0, 0.1) is 0 Å². The summed E-state index contributed by atoms with van der Waals surface area (Å²) < 4.78 is 22.0. The molecule has 9 heteroatoms. The van der Waals surface area contributed by atoms with E-state index >= 15 is 0 Å². The molecule has 1 unspecified atom stereocenters. The van der Waals surface area contributed by atoms with Crippen molar-refractivity contribution in [3.63, 3.8) is 0 Å². The Morgan fingerprint density at radius 2 is 1.64 bits per heavy atom. The highest BCUT2D eigenvalue weighted by Gasteiger charge is 2.37. The number of methoxy groups -OCH3 is 2. The Hall–Kier alpha value is -4.79. The zero-order valence-electron chi connectivity index (χ0n) is 26.0. The number of allylic oxidation sites excluding steroid dienone is 1. The molecule has 0 fully saturated rings. The van der Waals surface area contributed by atoms with Crippen molar-refractivity contribution < 1.29 is 33.3 Å². The second-order valence-corrected chi connectivity index (χ2v) is 10.6. The summed E-state index contributed by atoms with van der Waals surface area (Å²) in [6.07, 6.45) is 0.630. The first-order chi connectivity index (χ1) is 21.2. The lowest BCUT2D eigenvalue weighted by atomic mass is 9.83. The fourth-order valence-corrected chi connectivity index (χ4v) is 5.21. The third kappa shape index (κ3) is 7.78. The Bertz CT molecular complexity index is 1480. The van der Waals surface area contributed by atoms with Crippen LogP contribution in [0.4, 0.5) is 0 Å². The molecule has 0 aliphatic carbocycles. The number of esters is 1. The number of likely N-dealkylation sites (N-methyl/N-ethyl adjacent to an activating group) is 1. The molecule has 0 radical (unpaired) electrons. The monoisotopic (exact) mass is 600 g/mol. The van der Waals surface area contributed by atoms with Crippen molar-refractivity contribution in [2.45, 2.75) is 39.2 Å². The summed E-state index contributed by atoms with van der Waals surface area (Å²) in [5, 5.41) is 0. The van der Waals surface area contributed by atoms with Crippen LogP contribution < -0.4 is 14.2 Å². The minimum atomic E-state index is -0.501. The summed E-state index contributed by atoms with van der Waals surface area (Å²) in [4.78, 5) is 42.8. The Morgan fingerprint density at radius 3 is 2.30 bits per heavy atom. The van der Waals surface area contributed by atoms with Crippen LogP contribution in [-0.2, 0) is 32.1 Å². The highest BCUT2D eigenvalue weighted by Crippen LogP contribution is 2.37. The van der Waals surface area contributed by atoms with Gasteiger partial charge in [-0.15, -0.1) is 0 Å². The number of hydrogen-bond donors (Lipinski definition) is 0. The lowest BCUT2D eigenvalue weighted by molar-refractivity contribution is -0.142. The van der Waals surface area contributed by atoms with Crippen LogP contribution in [0.5, 0.6) is 17.2 Å². The molecule has 1 heterocycles. The molecule has 2 amide bonds. The summed E-state index contributed by atoms with van der Waals surface area (Å²) in [7, 11) is 4.86. The summed E-state index contributed by atoms with van der Waals surface area (Å²) in [5.41, 5.74) is 3.64. The van der Waals surface area contributed by atoms with Gasteiger partial charge in [0.1, 0.15) is 18.9 Å². The molecular formula is C35H40N2O7. The van der Waals surface area contributed by atoms with Crippen molar-refractivity contribution in [1.82, 2.24) is 9.80 Å². The van der Waals surface area contributed by atoms with E-state index in [1.807, 2.05) is 72.8 Å². The molecule has 232 valence electrons. The average molecular weight is 601 g/mol. The Morgan fingerprint density at radius 1 is 0.932 bits per heavy atom. The maximum absolute atomic E-state index is 13.4. The largest absolute Gasteiger partial charge is 0.493 e. The van der Waals surface area contributed by atoms with Crippen LogP contribution in [0.25, 0.3) is 0 Å². The number of nitrogens with zero attached hydrogens (tertiary/aromatic N) is 2. The number of rotatable bonds is 13. The second-order valence-electron chi connectivity index (χ2n) is 10.6. The maximum Gasteiger partial charge on any atom is 0.336 e. The van der Waals surface area contributed by atoms with E-state index in [1.54, 1.807) is 40.0 Å². The Kier molecular flexibility index (Phi) is 11.0. The fraction of sp³-hybridized carbons (Fsp3) is 0.343. The van der Waals surface area contributed by atoms with E-state index in [1.165, 1.54) is 4.90 Å². The maximum atomic E-state index is 13.4. The zero-order valence-corrected chi connectivity index (χ0v) is 26.0. The van der Waals surface area contributed by atoms with E-state index in [0.717, 1.165) is 16.7 Å². The van der Waals surface area contributed by atoms with Gasteiger partial charge in [0, 0.05) is 31.6 Å². The van der Waals surface area contributed by atoms with E-state index in [-0.39, 0.29) is 31.4 Å². The topological polar surface area (TPSA) is 94.6 Å². The van der Waals surface area contributed by atoms with Gasteiger partial charge < -0.3 is 28.7 Å². The van der Waals surface area contributed by atoms with Crippen LogP contribution in [0.15, 0.2) is 84.1 Å². The molecule has 4 rings (SSSR count). The predicted molar refractivity (Wildman–Crippen MR) is 167 cm³/mol. The van der Waals surface area contributed by atoms with Crippen LogP contribution >= 0.6 is 0 Å². The van der Waals surface area contributed by atoms with Crippen LogP contribution in [0.1, 0.15) is 42.9 Å². The summed E-state index contributed by atoms with van der Waals surface area (Å²) >= 11 is 0. The molecule has 0 bridgehead atoms. The summed E-state index contributed by atoms with van der Waals surface area (Å²) in [6, 6.07) is 22.9. The van der Waals surface area contributed by atoms with Crippen LogP contribution in [0.3, 0.4) is 0 Å². The Balaban J connectivity index is 1.47. The number of ether oxygens (including phenoxy) is 4. The van der Waals surface area contributed by atoms with Crippen molar-refractivity contribution in [2.75, 3.05) is 41.0 Å². The number of benzene rings is 3. The smallest absolute Gasteiger partial charge is 0.336 e. The molecule has 3 aromatic carbocycles. The lowest BCUT2D eigenvalue weighted by Crippen LogP contribution is -2.45. The van der Waals surface area contributed by atoms with Crippen LogP contribution in [-0.4, -0.2) is 68.5 Å². The van der Waals surface area contributed by atoms with E-state index in [2.05, 4.69) is 0 Å². The number of carbonyl (C=O) groups excluding carboxylic acids is 3. The SMILES string of the molecule is CCOC(=O)C1=C(C)N(CC(=O)N(C)CCc2ccc(OC)c(OC)c2)C(=O)CC1c1ccc(OCc2ccccc2)cc1. The standard InChI is InChI=1S/C35H40N2O7/c1-6-43-35(40)34-24(2)37(22-33(39)36(3)19-18-25-12-17-30(41-4)31(20-25)42-5)32(38)21-29(34)27-13-15-28(16-14-27)44-23-26-10-8-7-9-11-26/h7-17,20,29H,6,18-19,21-23H2,1-5H3. The van der Waals surface area contributed by atoms with E-state index in [9.17, 15) is 14.4 Å². The second kappa shape index (κ2) is 15.1. The third-order valence-electron chi connectivity index (χ3n) is 7.75. The van der Waals surface area contributed by atoms with Gasteiger partial charge >= 0.3 is 5.97 Å².